The Morgan fingerprint density at radius 1 is 1.08 bits per heavy atom. The van der Waals surface area contributed by atoms with E-state index in [0.717, 1.165) is 5.75 Å². The fourth-order valence-electron chi connectivity index (χ4n) is 2.30. The molecule has 0 radical (unpaired) electrons. The summed E-state index contributed by atoms with van der Waals surface area (Å²) in [4.78, 5) is 24.6. The Hall–Kier alpha value is -3.42. The Labute approximate surface area is 150 Å². The van der Waals surface area contributed by atoms with Crippen molar-refractivity contribution < 1.29 is 14.3 Å². The number of carbonyl (C=O) groups excluding carboxylic acids is 1. The molecule has 0 aliphatic heterocycles. The second kappa shape index (κ2) is 8.61. The van der Waals surface area contributed by atoms with Gasteiger partial charge in [0.05, 0.1) is 7.11 Å². The number of imidazole rings is 1. The minimum atomic E-state index is -0.196. The van der Waals surface area contributed by atoms with Gasteiger partial charge < -0.3 is 19.4 Å². The lowest BCUT2D eigenvalue weighted by atomic mass is 10.3. The van der Waals surface area contributed by atoms with Crippen LogP contribution in [0.2, 0.25) is 0 Å². The van der Waals surface area contributed by atoms with Crippen LogP contribution in [0.5, 0.6) is 11.5 Å². The molecule has 1 amide bonds. The predicted octanol–water partition coefficient (Wildman–Crippen LogP) is 1.54. The molecule has 0 spiro atoms. The maximum Gasteiger partial charge on any atom is 0.258 e. The van der Waals surface area contributed by atoms with Gasteiger partial charge in [0.15, 0.2) is 18.3 Å². The van der Waals surface area contributed by atoms with Crippen LogP contribution >= 0.6 is 0 Å². The van der Waals surface area contributed by atoms with E-state index in [1.165, 1.54) is 0 Å². The number of carbonyl (C=O) groups is 1. The molecule has 1 aromatic carbocycles. The van der Waals surface area contributed by atoms with Crippen LogP contribution in [-0.2, 0) is 11.3 Å². The average Bonchev–Trinajstić information content (AvgIpc) is 3.16. The number of hydrogen-bond donors (Lipinski definition) is 1. The molecule has 0 atom stereocenters. The molecule has 2 heterocycles. The SMILES string of the molecule is COc1ccc(OCC(=O)NCCn2ccnc2-c2ncccn2)cc1. The van der Waals surface area contributed by atoms with Crippen molar-refractivity contribution in [2.75, 3.05) is 20.3 Å². The van der Waals surface area contributed by atoms with Crippen LogP contribution in [0.1, 0.15) is 0 Å². The van der Waals surface area contributed by atoms with Crippen LogP contribution in [0.15, 0.2) is 55.1 Å². The zero-order valence-electron chi connectivity index (χ0n) is 14.3. The molecular formula is C18H19N5O3. The number of methoxy groups -OCH3 is 1. The largest absolute Gasteiger partial charge is 0.497 e. The molecule has 1 N–H and O–H groups in total. The molecule has 3 aromatic rings. The lowest BCUT2D eigenvalue weighted by molar-refractivity contribution is -0.123. The lowest BCUT2D eigenvalue weighted by Crippen LogP contribution is -2.31. The first-order chi connectivity index (χ1) is 12.8. The molecule has 2 aromatic heterocycles. The van der Waals surface area contributed by atoms with Crippen molar-refractivity contribution in [1.82, 2.24) is 24.8 Å². The van der Waals surface area contributed by atoms with Crippen molar-refractivity contribution in [3.63, 3.8) is 0 Å². The standard InChI is InChI=1S/C18H19N5O3/c1-25-14-3-5-15(6-4-14)26-13-16(24)19-9-11-23-12-10-22-18(23)17-20-7-2-8-21-17/h2-8,10,12H,9,11,13H2,1H3,(H,19,24). The summed E-state index contributed by atoms with van der Waals surface area (Å²) in [7, 11) is 1.60. The monoisotopic (exact) mass is 353 g/mol. The van der Waals surface area contributed by atoms with Crippen molar-refractivity contribution >= 4 is 5.91 Å². The van der Waals surface area contributed by atoms with Crippen LogP contribution < -0.4 is 14.8 Å². The molecule has 0 unspecified atom stereocenters. The summed E-state index contributed by atoms with van der Waals surface area (Å²) in [5.74, 6) is 2.36. The van der Waals surface area contributed by atoms with Crippen LogP contribution in [-0.4, -0.2) is 45.7 Å². The number of rotatable bonds is 8. The number of hydrogen-bond acceptors (Lipinski definition) is 6. The molecule has 8 nitrogen and oxygen atoms in total. The second-order valence-electron chi connectivity index (χ2n) is 5.33. The third-order valence-corrected chi connectivity index (χ3v) is 3.59. The van der Waals surface area contributed by atoms with Gasteiger partial charge in [0.2, 0.25) is 0 Å². The summed E-state index contributed by atoms with van der Waals surface area (Å²) in [6.45, 7) is 0.952. The Kier molecular flexibility index (Phi) is 5.76. The fraction of sp³-hybridized carbons (Fsp3) is 0.222. The van der Waals surface area contributed by atoms with Crippen molar-refractivity contribution in [3.8, 4) is 23.1 Å². The molecular weight excluding hydrogens is 334 g/mol. The Morgan fingerprint density at radius 2 is 1.81 bits per heavy atom. The normalized spacial score (nSPS) is 10.3. The lowest BCUT2D eigenvalue weighted by Gasteiger charge is -2.09. The first kappa shape index (κ1) is 17.4. The van der Waals surface area contributed by atoms with Gasteiger partial charge in [0.25, 0.3) is 5.91 Å². The molecule has 0 bridgehead atoms. The smallest absolute Gasteiger partial charge is 0.258 e. The first-order valence-electron chi connectivity index (χ1n) is 8.08. The quantitative estimate of drug-likeness (QED) is 0.661. The van der Waals surface area contributed by atoms with Gasteiger partial charge in [-0.1, -0.05) is 0 Å². The summed E-state index contributed by atoms with van der Waals surface area (Å²) in [5, 5.41) is 2.81. The third-order valence-electron chi connectivity index (χ3n) is 3.59. The Bertz CT molecular complexity index is 834. The van der Waals surface area contributed by atoms with Crippen molar-refractivity contribution in [1.29, 1.82) is 0 Å². The van der Waals surface area contributed by atoms with E-state index in [0.29, 0.717) is 30.5 Å². The van der Waals surface area contributed by atoms with Gasteiger partial charge >= 0.3 is 0 Å². The van der Waals surface area contributed by atoms with Crippen LogP contribution in [0.3, 0.4) is 0 Å². The average molecular weight is 353 g/mol. The molecule has 134 valence electrons. The second-order valence-corrected chi connectivity index (χ2v) is 5.33. The van der Waals surface area contributed by atoms with E-state index in [-0.39, 0.29) is 12.5 Å². The number of nitrogens with zero attached hydrogens (tertiary/aromatic N) is 4. The number of benzene rings is 1. The van der Waals surface area contributed by atoms with Crippen molar-refractivity contribution in [3.05, 3.63) is 55.1 Å². The van der Waals surface area contributed by atoms with Gasteiger partial charge in [-0.15, -0.1) is 0 Å². The highest BCUT2D eigenvalue weighted by Gasteiger charge is 2.08. The van der Waals surface area contributed by atoms with Gasteiger partial charge in [0, 0.05) is 37.9 Å². The molecule has 0 aliphatic carbocycles. The fourth-order valence-corrected chi connectivity index (χ4v) is 2.30. The summed E-state index contributed by atoms with van der Waals surface area (Å²) >= 11 is 0. The summed E-state index contributed by atoms with van der Waals surface area (Å²) < 4.78 is 12.4. The molecule has 0 aliphatic rings. The first-order valence-corrected chi connectivity index (χ1v) is 8.08. The van der Waals surface area contributed by atoms with E-state index in [9.17, 15) is 4.79 Å². The van der Waals surface area contributed by atoms with Crippen molar-refractivity contribution in [2.24, 2.45) is 0 Å². The van der Waals surface area contributed by atoms with Gasteiger partial charge in [-0.3, -0.25) is 4.79 Å². The maximum atomic E-state index is 11.9. The Balaban J connectivity index is 1.45. The highest BCUT2D eigenvalue weighted by Crippen LogP contribution is 2.16. The van der Waals surface area contributed by atoms with Crippen LogP contribution in [0, 0.1) is 0 Å². The van der Waals surface area contributed by atoms with Crippen LogP contribution in [0.4, 0.5) is 0 Å². The minimum Gasteiger partial charge on any atom is -0.497 e. The molecule has 0 saturated carbocycles. The van der Waals surface area contributed by atoms with E-state index < -0.39 is 0 Å². The molecule has 3 rings (SSSR count). The third kappa shape index (κ3) is 4.56. The van der Waals surface area contributed by atoms with E-state index in [4.69, 9.17) is 9.47 Å². The summed E-state index contributed by atoms with van der Waals surface area (Å²) in [6, 6.07) is 8.81. The number of aromatic nitrogens is 4. The van der Waals surface area contributed by atoms with E-state index in [2.05, 4.69) is 20.3 Å². The zero-order chi connectivity index (χ0) is 18.2. The van der Waals surface area contributed by atoms with E-state index >= 15 is 0 Å². The number of amides is 1. The van der Waals surface area contributed by atoms with Crippen LogP contribution in [0.25, 0.3) is 11.6 Å². The van der Waals surface area contributed by atoms with Crippen molar-refractivity contribution in [2.45, 2.75) is 6.54 Å². The summed E-state index contributed by atoms with van der Waals surface area (Å²) in [6.07, 6.45) is 6.84. The number of nitrogens with one attached hydrogen (secondary N) is 1. The maximum absolute atomic E-state index is 11.9. The number of ether oxygens (including phenoxy) is 2. The topological polar surface area (TPSA) is 91.2 Å². The molecule has 8 heteroatoms. The Morgan fingerprint density at radius 3 is 2.54 bits per heavy atom. The van der Waals surface area contributed by atoms with Gasteiger partial charge in [-0.25, -0.2) is 15.0 Å². The molecule has 26 heavy (non-hydrogen) atoms. The van der Waals surface area contributed by atoms with E-state index in [1.807, 2.05) is 10.8 Å². The van der Waals surface area contributed by atoms with Gasteiger partial charge in [-0.05, 0) is 30.3 Å². The van der Waals surface area contributed by atoms with Gasteiger partial charge in [0.1, 0.15) is 11.5 Å². The predicted molar refractivity (Wildman–Crippen MR) is 94.8 cm³/mol. The zero-order valence-corrected chi connectivity index (χ0v) is 14.3. The van der Waals surface area contributed by atoms with Gasteiger partial charge in [-0.2, -0.15) is 0 Å². The minimum absolute atomic E-state index is 0.0507. The summed E-state index contributed by atoms with van der Waals surface area (Å²) in [5.41, 5.74) is 0. The highest BCUT2D eigenvalue weighted by atomic mass is 16.5. The molecule has 0 saturated heterocycles. The van der Waals surface area contributed by atoms with E-state index in [1.54, 1.807) is 56.0 Å². The molecule has 0 fully saturated rings. The highest BCUT2D eigenvalue weighted by molar-refractivity contribution is 5.77.